The van der Waals surface area contributed by atoms with Gasteiger partial charge < -0.3 is 24.8 Å². The predicted octanol–water partition coefficient (Wildman–Crippen LogP) is 0.559. The Bertz CT molecular complexity index is 954. The quantitative estimate of drug-likeness (QED) is 0.437. The topological polar surface area (TPSA) is 140 Å². The van der Waals surface area contributed by atoms with Gasteiger partial charge >= 0.3 is 18.0 Å². The normalized spacial score (nSPS) is 18.2. The number of nitrogens with zero attached hydrogens (tertiary/aromatic N) is 1. The number of benzene rings is 1. The fourth-order valence-corrected chi connectivity index (χ4v) is 3.35. The Morgan fingerprint density at radius 3 is 2.31 bits per heavy atom. The fraction of sp³-hybridized carbons (Fsp3) is 0.381. The Labute approximate surface area is 183 Å². The van der Waals surface area contributed by atoms with E-state index in [4.69, 9.17) is 14.2 Å². The van der Waals surface area contributed by atoms with Gasteiger partial charge in [-0.1, -0.05) is 12.1 Å². The van der Waals surface area contributed by atoms with Gasteiger partial charge in [-0.25, -0.2) is 9.59 Å². The molecule has 1 unspecified atom stereocenters. The highest BCUT2D eigenvalue weighted by Gasteiger charge is 2.35. The summed E-state index contributed by atoms with van der Waals surface area (Å²) < 4.78 is 15.4. The third-order valence-corrected chi connectivity index (χ3v) is 4.92. The second-order valence-corrected chi connectivity index (χ2v) is 6.95. The van der Waals surface area contributed by atoms with Crippen LogP contribution >= 0.6 is 0 Å². The predicted molar refractivity (Wildman–Crippen MR) is 108 cm³/mol. The number of hydrogen-bond donors (Lipinski definition) is 2. The van der Waals surface area contributed by atoms with Gasteiger partial charge in [0.05, 0.1) is 31.0 Å². The molecule has 2 aliphatic heterocycles. The Morgan fingerprint density at radius 2 is 1.72 bits per heavy atom. The first-order valence-corrected chi connectivity index (χ1v) is 9.94. The maximum Gasteiger partial charge on any atom is 0.338 e. The number of rotatable bonds is 8. The van der Waals surface area contributed by atoms with E-state index in [0.29, 0.717) is 11.3 Å². The van der Waals surface area contributed by atoms with E-state index in [1.807, 2.05) is 0 Å². The summed E-state index contributed by atoms with van der Waals surface area (Å²) in [6.45, 7) is 0.744. The van der Waals surface area contributed by atoms with Crippen LogP contribution in [0.5, 0.6) is 5.75 Å². The maximum absolute atomic E-state index is 12.7. The summed E-state index contributed by atoms with van der Waals surface area (Å²) in [5.74, 6) is -1.85. The summed E-state index contributed by atoms with van der Waals surface area (Å²) in [5, 5.41) is 5.13. The molecule has 1 aromatic rings. The molecule has 170 valence electrons. The Hall–Kier alpha value is -3.89. The molecule has 0 bridgehead atoms. The van der Waals surface area contributed by atoms with Gasteiger partial charge in [-0.15, -0.1) is 0 Å². The van der Waals surface area contributed by atoms with Gasteiger partial charge in [-0.2, -0.15) is 0 Å². The van der Waals surface area contributed by atoms with Crippen LogP contribution in [0.25, 0.3) is 0 Å². The van der Waals surface area contributed by atoms with E-state index in [9.17, 15) is 24.0 Å². The van der Waals surface area contributed by atoms with E-state index in [1.165, 1.54) is 7.11 Å². The first kappa shape index (κ1) is 22.8. The number of amides is 4. The molecule has 11 nitrogen and oxygen atoms in total. The van der Waals surface area contributed by atoms with E-state index in [0.717, 1.165) is 4.90 Å². The Balaban J connectivity index is 1.83. The van der Waals surface area contributed by atoms with Crippen LogP contribution in [0.1, 0.15) is 31.4 Å². The molecule has 0 aliphatic carbocycles. The molecule has 0 spiro atoms. The highest BCUT2D eigenvalue weighted by Crippen LogP contribution is 2.29. The molecule has 1 saturated heterocycles. The average Bonchev–Trinajstić information content (AvgIpc) is 3.09. The maximum atomic E-state index is 12.7. The molecule has 2 heterocycles. The van der Waals surface area contributed by atoms with Crippen LogP contribution < -0.4 is 15.4 Å². The number of hydrogen-bond acceptors (Lipinski definition) is 8. The monoisotopic (exact) mass is 445 g/mol. The van der Waals surface area contributed by atoms with Gasteiger partial charge in [0.15, 0.2) is 0 Å². The third kappa shape index (κ3) is 5.05. The van der Waals surface area contributed by atoms with Crippen molar-refractivity contribution in [2.24, 2.45) is 0 Å². The number of nitrogens with one attached hydrogen (secondary N) is 2. The molecule has 1 aromatic carbocycles. The van der Waals surface area contributed by atoms with Gasteiger partial charge in [0.25, 0.3) is 0 Å². The number of carbonyl (C=O) groups excluding carboxylic acids is 5. The van der Waals surface area contributed by atoms with E-state index in [-0.39, 0.29) is 30.7 Å². The zero-order valence-electron chi connectivity index (χ0n) is 17.6. The van der Waals surface area contributed by atoms with Gasteiger partial charge in [0.2, 0.25) is 11.8 Å². The molecular weight excluding hydrogens is 422 g/mol. The molecule has 11 heteroatoms. The summed E-state index contributed by atoms with van der Waals surface area (Å²) >= 11 is 0. The molecule has 1 atom stereocenters. The highest BCUT2D eigenvalue weighted by molar-refractivity contribution is 6.04. The van der Waals surface area contributed by atoms with E-state index < -0.39 is 49.0 Å². The first-order valence-electron chi connectivity index (χ1n) is 9.94. The van der Waals surface area contributed by atoms with Crippen molar-refractivity contribution in [3.8, 4) is 5.75 Å². The summed E-state index contributed by atoms with van der Waals surface area (Å²) in [6, 6.07) is 5.26. The lowest BCUT2D eigenvalue weighted by molar-refractivity contribution is -0.151. The largest absolute Gasteiger partial charge is 0.497 e. The van der Waals surface area contributed by atoms with Crippen molar-refractivity contribution in [1.29, 1.82) is 0 Å². The zero-order chi connectivity index (χ0) is 23.3. The van der Waals surface area contributed by atoms with Gasteiger partial charge in [-0.3, -0.25) is 19.3 Å². The van der Waals surface area contributed by atoms with Gasteiger partial charge in [0.1, 0.15) is 18.9 Å². The van der Waals surface area contributed by atoms with Crippen LogP contribution in [-0.2, 0) is 28.7 Å². The van der Waals surface area contributed by atoms with Crippen LogP contribution in [-0.4, -0.2) is 61.6 Å². The molecule has 32 heavy (non-hydrogen) atoms. The molecule has 2 N–H and O–H groups in total. The van der Waals surface area contributed by atoms with Crippen LogP contribution in [0.4, 0.5) is 4.79 Å². The molecule has 4 amide bonds. The van der Waals surface area contributed by atoms with Crippen molar-refractivity contribution < 1.29 is 38.2 Å². The lowest BCUT2D eigenvalue weighted by Crippen LogP contribution is -2.47. The highest BCUT2D eigenvalue weighted by atomic mass is 16.5. The van der Waals surface area contributed by atoms with Crippen molar-refractivity contribution in [3.05, 3.63) is 41.1 Å². The third-order valence-electron chi connectivity index (χ3n) is 4.92. The van der Waals surface area contributed by atoms with Crippen molar-refractivity contribution in [3.63, 3.8) is 0 Å². The van der Waals surface area contributed by atoms with Crippen molar-refractivity contribution in [2.75, 3.05) is 26.9 Å². The number of imide groups is 1. The Kier molecular flexibility index (Phi) is 7.08. The van der Waals surface area contributed by atoms with E-state index in [1.54, 1.807) is 31.2 Å². The van der Waals surface area contributed by atoms with Crippen LogP contribution in [0.15, 0.2) is 35.5 Å². The summed E-state index contributed by atoms with van der Waals surface area (Å²) in [7, 11) is 1.51. The number of esters is 2. The molecule has 0 radical (unpaired) electrons. The summed E-state index contributed by atoms with van der Waals surface area (Å²) in [4.78, 5) is 61.3. The SMILES string of the molecule is CCOC(=O)C1=C(COC(=O)CN2C(=O)CCC2=O)NC(=O)NC1c1ccc(OC)cc1. The van der Waals surface area contributed by atoms with Crippen molar-refractivity contribution >= 4 is 29.8 Å². The van der Waals surface area contributed by atoms with Crippen molar-refractivity contribution in [2.45, 2.75) is 25.8 Å². The Morgan fingerprint density at radius 1 is 1.06 bits per heavy atom. The number of likely N-dealkylation sites (tertiary alicyclic amines) is 1. The average molecular weight is 445 g/mol. The van der Waals surface area contributed by atoms with Crippen molar-refractivity contribution in [1.82, 2.24) is 15.5 Å². The van der Waals surface area contributed by atoms with Gasteiger partial charge in [0, 0.05) is 12.8 Å². The molecule has 1 fully saturated rings. The number of methoxy groups -OCH3 is 1. The second-order valence-electron chi connectivity index (χ2n) is 6.95. The lowest BCUT2D eigenvalue weighted by atomic mass is 9.95. The molecule has 0 saturated carbocycles. The number of carbonyl (C=O) groups is 5. The summed E-state index contributed by atoms with van der Waals surface area (Å²) in [5.41, 5.74) is 0.693. The number of ether oxygens (including phenoxy) is 3. The smallest absolute Gasteiger partial charge is 0.338 e. The summed E-state index contributed by atoms with van der Waals surface area (Å²) in [6.07, 6.45) is 0.102. The minimum atomic E-state index is -0.857. The lowest BCUT2D eigenvalue weighted by Gasteiger charge is -2.29. The minimum Gasteiger partial charge on any atom is -0.497 e. The van der Waals surface area contributed by atoms with E-state index in [2.05, 4.69) is 10.6 Å². The molecule has 0 aromatic heterocycles. The zero-order valence-corrected chi connectivity index (χ0v) is 17.6. The second kappa shape index (κ2) is 9.94. The standard InChI is InChI=1S/C21H23N3O8/c1-3-31-20(28)18-14(11-32-17(27)10-24-15(25)8-9-16(24)26)22-21(29)23-19(18)12-4-6-13(30-2)7-5-12/h4-7,19H,3,8-11H2,1-2H3,(H2,22,23,29). The van der Waals surface area contributed by atoms with E-state index >= 15 is 0 Å². The molecular formula is C21H23N3O8. The minimum absolute atomic E-state index is 0.0421. The molecule has 3 rings (SSSR count). The number of urea groups is 1. The van der Waals surface area contributed by atoms with Crippen LogP contribution in [0.2, 0.25) is 0 Å². The first-order chi connectivity index (χ1) is 15.3. The molecule has 2 aliphatic rings. The van der Waals surface area contributed by atoms with Crippen LogP contribution in [0, 0.1) is 0 Å². The van der Waals surface area contributed by atoms with Gasteiger partial charge in [-0.05, 0) is 24.6 Å². The van der Waals surface area contributed by atoms with Crippen LogP contribution in [0.3, 0.4) is 0 Å². The fourth-order valence-electron chi connectivity index (χ4n) is 3.35.